The van der Waals surface area contributed by atoms with Gasteiger partial charge in [0.2, 0.25) is 0 Å². The van der Waals surface area contributed by atoms with E-state index >= 15 is 0 Å². The number of hydrogen-bond donors (Lipinski definition) is 1. The number of fused-ring (bicyclic) bond motifs is 2. The van der Waals surface area contributed by atoms with E-state index in [1.807, 2.05) is 30.3 Å². The highest BCUT2D eigenvalue weighted by Gasteiger charge is 2.27. The Morgan fingerprint density at radius 3 is 2.45 bits per heavy atom. The third kappa shape index (κ3) is 4.16. The summed E-state index contributed by atoms with van der Waals surface area (Å²) in [5.41, 5.74) is 2.23. The van der Waals surface area contributed by atoms with Gasteiger partial charge in [-0.15, -0.1) is 0 Å². The third-order valence-electron chi connectivity index (χ3n) is 6.34. The van der Waals surface area contributed by atoms with Crippen molar-refractivity contribution < 1.29 is 19.0 Å². The van der Waals surface area contributed by atoms with Gasteiger partial charge in [-0.3, -0.25) is 4.90 Å². The molecule has 2 heterocycles. The van der Waals surface area contributed by atoms with Crippen LogP contribution in [0.5, 0.6) is 23.0 Å². The minimum atomic E-state index is -0.243. The van der Waals surface area contributed by atoms with Gasteiger partial charge in [-0.2, -0.15) is 0 Å². The zero-order valence-corrected chi connectivity index (χ0v) is 18.7. The Kier molecular flexibility index (Phi) is 5.96. The van der Waals surface area contributed by atoms with Gasteiger partial charge in [-0.05, 0) is 49.4 Å². The van der Waals surface area contributed by atoms with Crippen molar-refractivity contribution in [3.8, 4) is 23.0 Å². The van der Waals surface area contributed by atoms with Crippen molar-refractivity contribution in [2.75, 3.05) is 56.2 Å². The van der Waals surface area contributed by atoms with E-state index in [1.54, 1.807) is 31.4 Å². The van der Waals surface area contributed by atoms with Crippen LogP contribution in [0.1, 0.15) is 6.42 Å². The Morgan fingerprint density at radius 1 is 0.879 bits per heavy atom. The summed E-state index contributed by atoms with van der Waals surface area (Å²) in [7, 11) is 1.58. The van der Waals surface area contributed by atoms with Gasteiger partial charge < -0.3 is 24.4 Å². The zero-order valence-electron chi connectivity index (χ0n) is 18.7. The molecule has 0 radical (unpaired) electrons. The van der Waals surface area contributed by atoms with Crippen LogP contribution in [0.4, 0.5) is 21.5 Å². The quantitative estimate of drug-likeness (QED) is 0.572. The number of nitrogens with zero attached hydrogens (tertiary/aromatic N) is 3. The van der Waals surface area contributed by atoms with E-state index in [4.69, 9.17) is 9.47 Å². The van der Waals surface area contributed by atoms with Crippen molar-refractivity contribution in [3.05, 3.63) is 66.5 Å². The fraction of sp³-hybridized carbons (Fsp3) is 0.308. The maximum atomic E-state index is 14.4. The summed E-state index contributed by atoms with van der Waals surface area (Å²) in [5.74, 6) is 2.01. The number of ether oxygens (including phenoxy) is 2. The van der Waals surface area contributed by atoms with Crippen molar-refractivity contribution in [2.45, 2.75) is 6.42 Å². The Bertz CT molecular complexity index is 1130. The molecule has 5 rings (SSSR count). The SMILES string of the molecule is COc1cccc(F)c1N1CCN(CCCN2c3ccccc3Oc3cccc(O)c32)CC1. The Morgan fingerprint density at radius 2 is 1.64 bits per heavy atom. The van der Waals surface area contributed by atoms with Crippen LogP contribution in [0.2, 0.25) is 0 Å². The molecule has 2 aliphatic heterocycles. The van der Waals surface area contributed by atoms with Gasteiger partial charge in [0, 0.05) is 32.7 Å². The molecule has 7 heteroatoms. The first kappa shape index (κ1) is 21.4. The molecule has 0 bridgehead atoms. The summed E-state index contributed by atoms with van der Waals surface area (Å²) in [5, 5.41) is 10.5. The molecule has 172 valence electrons. The van der Waals surface area contributed by atoms with Crippen LogP contribution in [0.25, 0.3) is 0 Å². The van der Waals surface area contributed by atoms with Gasteiger partial charge in [0.25, 0.3) is 0 Å². The number of piperazine rings is 1. The van der Waals surface area contributed by atoms with E-state index in [2.05, 4.69) is 14.7 Å². The summed E-state index contributed by atoms with van der Waals surface area (Å²) in [6.07, 6.45) is 0.922. The summed E-state index contributed by atoms with van der Waals surface area (Å²) < 4.78 is 25.8. The summed E-state index contributed by atoms with van der Waals surface area (Å²) >= 11 is 0. The number of para-hydroxylation sites is 4. The van der Waals surface area contributed by atoms with E-state index < -0.39 is 0 Å². The molecule has 0 spiro atoms. The van der Waals surface area contributed by atoms with Crippen LogP contribution in [0.3, 0.4) is 0 Å². The molecule has 0 atom stereocenters. The average Bonchev–Trinajstić information content (AvgIpc) is 2.84. The molecule has 0 amide bonds. The highest BCUT2D eigenvalue weighted by molar-refractivity contribution is 5.81. The van der Waals surface area contributed by atoms with Crippen LogP contribution in [0.15, 0.2) is 60.7 Å². The zero-order chi connectivity index (χ0) is 22.8. The fourth-order valence-electron chi connectivity index (χ4n) is 4.72. The van der Waals surface area contributed by atoms with Crippen molar-refractivity contribution in [1.29, 1.82) is 0 Å². The van der Waals surface area contributed by atoms with Gasteiger partial charge >= 0.3 is 0 Å². The topological polar surface area (TPSA) is 48.4 Å². The van der Waals surface area contributed by atoms with Crippen LogP contribution in [0, 0.1) is 5.82 Å². The standard InChI is InChI=1S/C26H28FN3O3/c1-32-23-11-4-7-19(27)25(23)29-17-15-28(16-18-29)13-6-14-30-20-8-2-3-10-22(20)33-24-12-5-9-21(31)26(24)30/h2-5,7-12,31H,6,13-18H2,1H3. The lowest BCUT2D eigenvalue weighted by Crippen LogP contribution is -2.47. The first-order chi connectivity index (χ1) is 16.2. The number of benzene rings is 3. The van der Waals surface area contributed by atoms with E-state index in [1.165, 1.54) is 6.07 Å². The second-order valence-electron chi connectivity index (χ2n) is 8.32. The van der Waals surface area contributed by atoms with E-state index in [0.29, 0.717) is 22.9 Å². The highest BCUT2D eigenvalue weighted by atomic mass is 19.1. The fourth-order valence-corrected chi connectivity index (χ4v) is 4.72. The molecule has 0 saturated carbocycles. The minimum Gasteiger partial charge on any atom is -0.506 e. The van der Waals surface area contributed by atoms with Crippen LogP contribution in [-0.2, 0) is 0 Å². The van der Waals surface area contributed by atoms with Gasteiger partial charge in [-0.1, -0.05) is 24.3 Å². The van der Waals surface area contributed by atoms with E-state index in [9.17, 15) is 9.50 Å². The van der Waals surface area contributed by atoms with E-state index in [0.717, 1.165) is 57.1 Å². The molecule has 1 fully saturated rings. The number of anilines is 3. The molecule has 3 aromatic rings. The smallest absolute Gasteiger partial charge is 0.155 e. The Labute approximate surface area is 193 Å². The van der Waals surface area contributed by atoms with Crippen LogP contribution in [-0.4, -0.2) is 56.4 Å². The van der Waals surface area contributed by atoms with Crippen LogP contribution < -0.4 is 19.3 Å². The number of phenols is 1. The molecule has 1 saturated heterocycles. The maximum absolute atomic E-state index is 14.4. The lowest BCUT2D eigenvalue weighted by Gasteiger charge is -2.37. The predicted octanol–water partition coefficient (Wildman–Crippen LogP) is 5.00. The normalized spacial score (nSPS) is 15.6. The predicted molar refractivity (Wildman–Crippen MR) is 128 cm³/mol. The van der Waals surface area contributed by atoms with Crippen molar-refractivity contribution in [2.24, 2.45) is 0 Å². The largest absolute Gasteiger partial charge is 0.506 e. The number of phenolic OH excluding ortho intramolecular Hbond substituents is 1. The molecule has 0 unspecified atom stereocenters. The monoisotopic (exact) mass is 449 g/mol. The number of aromatic hydroxyl groups is 1. The van der Waals surface area contributed by atoms with E-state index in [-0.39, 0.29) is 11.6 Å². The van der Waals surface area contributed by atoms with Crippen molar-refractivity contribution >= 4 is 17.1 Å². The third-order valence-corrected chi connectivity index (χ3v) is 6.34. The minimum absolute atomic E-state index is 0.217. The van der Waals surface area contributed by atoms with Crippen molar-refractivity contribution in [3.63, 3.8) is 0 Å². The summed E-state index contributed by atoms with van der Waals surface area (Å²) in [4.78, 5) is 6.61. The van der Waals surface area contributed by atoms with Gasteiger partial charge in [0.1, 0.15) is 28.7 Å². The second-order valence-corrected chi connectivity index (χ2v) is 8.32. The Hall–Kier alpha value is -3.45. The van der Waals surface area contributed by atoms with Gasteiger partial charge in [-0.25, -0.2) is 4.39 Å². The van der Waals surface area contributed by atoms with Crippen molar-refractivity contribution in [1.82, 2.24) is 4.90 Å². The van der Waals surface area contributed by atoms with Gasteiger partial charge in [0.05, 0.1) is 12.8 Å². The number of methoxy groups -OCH3 is 1. The lowest BCUT2D eigenvalue weighted by molar-refractivity contribution is 0.254. The van der Waals surface area contributed by atoms with Gasteiger partial charge in [0.15, 0.2) is 11.5 Å². The number of rotatable bonds is 6. The molecular formula is C26H28FN3O3. The first-order valence-electron chi connectivity index (χ1n) is 11.3. The maximum Gasteiger partial charge on any atom is 0.155 e. The Balaban J connectivity index is 1.22. The lowest BCUT2D eigenvalue weighted by atomic mass is 10.1. The molecular weight excluding hydrogens is 421 g/mol. The highest BCUT2D eigenvalue weighted by Crippen LogP contribution is 2.50. The number of hydrogen-bond acceptors (Lipinski definition) is 6. The molecule has 1 N–H and O–H groups in total. The van der Waals surface area contributed by atoms with Crippen LogP contribution >= 0.6 is 0 Å². The first-order valence-corrected chi connectivity index (χ1v) is 11.3. The molecule has 6 nitrogen and oxygen atoms in total. The molecule has 0 aliphatic carbocycles. The molecule has 3 aromatic carbocycles. The molecule has 0 aromatic heterocycles. The average molecular weight is 450 g/mol. The summed E-state index contributed by atoms with van der Waals surface area (Å²) in [6.45, 7) is 4.90. The number of halogens is 1. The summed E-state index contributed by atoms with van der Waals surface area (Å²) in [6, 6.07) is 18.2. The molecule has 33 heavy (non-hydrogen) atoms. The molecule has 2 aliphatic rings. The second kappa shape index (κ2) is 9.19.